The van der Waals surface area contributed by atoms with Crippen molar-refractivity contribution < 1.29 is 14.2 Å². The molecule has 0 amide bonds. The Bertz CT molecular complexity index is 292. The molecule has 0 aliphatic rings. The molecule has 0 saturated carbocycles. The molecule has 0 fully saturated rings. The second-order valence-corrected chi connectivity index (χ2v) is 3.62. The average molecular weight is 238 g/mol. The molecule has 0 aromatic heterocycles. The zero-order valence-electron chi connectivity index (χ0n) is 10.9. The van der Waals surface area contributed by atoms with Crippen molar-refractivity contribution in [2.75, 3.05) is 26.4 Å². The molecule has 1 aromatic rings. The van der Waals surface area contributed by atoms with Crippen LogP contribution in [0.2, 0.25) is 0 Å². The highest BCUT2D eigenvalue weighted by Gasteiger charge is 2.33. The van der Waals surface area contributed by atoms with E-state index in [2.05, 4.69) is 0 Å². The molecule has 0 unspecified atom stereocenters. The van der Waals surface area contributed by atoms with Crippen molar-refractivity contribution in [1.82, 2.24) is 0 Å². The normalized spacial score (nSPS) is 11.7. The van der Waals surface area contributed by atoms with Gasteiger partial charge in [0.05, 0.1) is 0 Å². The highest BCUT2D eigenvalue weighted by molar-refractivity contribution is 5.20. The summed E-state index contributed by atoms with van der Waals surface area (Å²) in [6, 6.07) is 9.95. The number of rotatable bonds is 8. The van der Waals surface area contributed by atoms with Gasteiger partial charge in [-0.15, -0.1) is 0 Å². The molecule has 0 saturated heterocycles. The summed E-state index contributed by atoms with van der Waals surface area (Å²) < 4.78 is 17.1. The first-order chi connectivity index (χ1) is 8.29. The summed E-state index contributed by atoms with van der Waals surface area (Å²) in [5.41, 5.74) is 0.997. The molecule has 0 heterocycles. The fraction of sp³-hybridized carbons (Fsp3) is 0.571. The van der Waals surface area contributed by atoms with Gasteiger partial charge in [0, 0.05) is 25.4 Å². The van der Waals surface area contributed by atoms with Crippen LogP contribution < -0.4 is 0 Å². The molecule has 0 atom stereocenters. The SMILES string of the molecule is CCOCC(OCC)(OCC)c1ccccc1. The summed E-state index contributed by atoms with van der Waals surface area (Å²) in [5.74, 6) is -0.777. The van der Waals surface area contributed by atoms with E-state index in [0.717, 1.165) is 5.56 Å². The number of hydrogen-bond acceptors (Lipinski definition) is 3. The van der Waals surface area contributed by atoms with Gasteiger partial charge in [0.15, 0.2) is 0 Å². The zero-order valence-corrected chi connectivity index (χ0v) is 10.9. The van der Waals surface area contributed by atoms with Gasteiger partial charge in [-0.2, -0.15) is 0 Å². The Balaban J connectivity index is 2.95. The minimum absolute atomic E-state index is 0.412. The summed E-state index contributed by atoms with van der Waals surface area (Å²) in [5, 5.41) is 0. The van der Waals surface area contributed by atoms with Crippen LogP contribution in [0.15, 0.2) is 30.3 Å². The van der Waals surface area contributed by atoms with Gasteiger partial charge in [-0.3, -0.25) is 0 Å². The first kappa shape index (κ1) is 14.2. The second kappa shape index (κ2) is 7.43. The van der Waals surface area contributed by atoms with Gasteiger partial charge in [0.2, 0.25) is 5.79 Å². The van der Waals surface area contributed by atoms with Crippen LogP contribution in [0.1, 0.15) is 26.3 Å². The van der Waals surface area contributed by atoms with Crippen molar-refractivity contribution >= 4 is 0 Å². The molecule has 3 nitrogen and oxygen atoms in total. The highest BCUT2D eigenvalue weighted by atomic mass is 16.7. The van der Waals surface area contributed by atoms with E-state index in [1.54, 1.807) is 0 Å². The molecule has 96 valence electrons. The Morgan fingerprint density at radius 1 is 0.882 bits per heavy atom. The van der Waals surface area contributed by atoms with Crippen LogP contribution in [0.25, 0.3) is 0 Å². The standard InChI is InChI=1S/C14H22O3/c1-4-15-12-14(16-5-2,17-6-3)13-10-8-7-9-11-13/h7-11H,4-6,12H2,1-3H3. The number of hydrogen-bond donors (Lipinski definition) is 0. The fourth-order valence-corrected chi connectivity index (χ4v) is 1.77. The van der Waals surface area contributed by atoms with Gasteiger partial charge in [0.25, 0.3) is 0 Å². The van der Waals surface area contributed by atoms with Crippen LogP contribution >= 0.6 is 0 Å². The topological polar surface area (TPSA) is 27.7 Å². The smallest absolute Gasteiger partial charge is 0.219 e. The number of benzene rings is 1. The Labute approximate surface area is 104 Å². The van der Waals surface area contributed by atoms with Gasteiger partial charge in [0.1, 0.15) is 6.61 Å². The minimum Gasteiger partial charge on any atom is -0.376 e. The molecule has 1 aromatic carbocycles. The van der Waals surface area contributed by atoms with E-state index in [-0.39, 0.29) is 0 Å². The van der Waals surface area contributed by atoms with Crippen molar-refractivity contribution in [3.05, 3.63) is 35.9 Å². The van der Waals surface area contributed by atoms with Crippen molar-refractivity contribution in [2.45, 2.75) is 26.6 Å². The van der Waals surface area contributed by atoms with Crippen LogP contribution in [0.4, 0.5) is 0 Å². The molecule has 3 heteroatoms. The molecule has 17 heavy (non-hydrogen) atoms. The van der Waals surface area contributed by atoms with Crippen LogP contribution in [-0.4, -0.2) is 26.4 Å². The van der Waals surface area contributed by atoms with E-state index >= 15 is 0 Å². The minimum atomic E-state index is -0.777. The predicted molar refractivity (Wildman–Crippen MR) is 67.9 cm³/mol. The van der Waals surface area contributed by atoms with Crippen LogP contribution in [0.5, 0.6) is 0 Å². The lowest BCUT2D eigenvalue weighted by Gasteiger charge is -2.33. The molecule has 0 bridgehead atoms. The summed E-state index contributed by atoms with van der Waals surface area (Å²) in [6.45, 7) is 8.12. The molecule has 0 spiro atoms. The first-order valence-corrected chi connectivity index (χ1v) is 6.20. The largest absolute Gasteiger partial charge is 0.376 e. The molecule has 0 radical (unpaired) electrons. The molecular formula is C14H22O3. The van der Waals surface area contributed by atoms with Crippen molar-refractivity contribution in [3.8, 4) is 0 Å². The van der Waals surface area contributed by atoms with Gasteiger partial charge in [-0.05, 0) is 20.8 Å². The highest BCUT2D eigenvalue weighted by Crippen LogP contribution is 2.27. The Morgan fingerprint density at radius 2 is 1.47 bits per heavy atom. The molecule has 1 rings (SSSR count). The molecule has 0 aliphatic heterocycles. The molecule has 0 N–H and O–H groups in total. The van der Waals surface area contributed by atoms with E-state index in [4.69, 9.17) is 14.2 Å². The third-order valence-corrected chi connectivity index (χ3v) is 2.46. The van der Waals surface area contributed by atoms with Crippen LogP contribution in [-0.2, 0) is 20.0 Å². The summed E-state index contributed by atoms with van der Waals surface area (Å²) in [7, 11) is 0. The third-order valence-electron chi connectivity index (χ3n) is 2.46. The van der Waals surface area contributed by atoms with Crippen molar-refractivity contribution in [1.29, 1.82) is 0 Å². The lowest BCUT2D eigenvalue weighted by molar-refractivity contribution is -0.267. The molecule has 0 aliphatic carbocycles. The number of ether oxygens (including phenoxy) is 3. The van der Waals surface area contributed by atoms with E-state index in [1.807, 2.05) is 51.1 Å². The van der Waals surface area contributed by atoms with Crippen molar-refractivity contribution in [3.63, 3.8) is 0 Å². The molecular weight excluding hydrogens is 216 g/mol. The van der Waals surface area contributed by atoms with Gasteiger partial charge < -0.3 is 14.2 Å². The lowest BCUT2D eigenvalue weighted by Crippen LogP contribution is -2.38. The van der Waals surface area contributed by atoms with Crippen LogP contribution in [0, 0.1) is 0 Å². The maximum Gasteiger partial charge on any atom is 0.219 e. The predicted octanol–water partition coefficient (Wildman–Crippen LogP) is 2.95. The maximum absolute atomic E-state index is 5.81. The fourth-order valence-electron chi connectivity index (χ4n) is 1.77. The zero-order chi connectivity index (χ0) is 12.6. The van der Waals surface area contributed by atoms with Gasteiger partial charge in [-0.1, -0.05) is 30.3 Å². The Hall–Kier alpha value is -0.900. The quantitative estimate of drug-likeness (QED) is 0.652. The van der Waals surface area contributed by atoms with Crippen molar-refractivity contribution in [2.24, 2.45) is 0 Å². The summed E-state index contributed by atoms with van der Waals surface area (Å²) in [4.78, 5) is 0. The van der Waals surface area contributed by atoms with E-state index in [9.17, 15) is 0 Å². The third kappa shape index (κ3) is 3.80. The summed E-state index contributed by atoms with van der Waals surface area (Å²) >= 11 is 0. The lowest BCUT2D eigenvalue weighted by atomic mass is 10.1. The second-order valence-electron chi connectivity index (χ2n) is 3.62. The van der Waals surface area contributed by atoms with Gasteiger partial charge >= 0.3 is 0 Å². The van der Waals surface area contributed by atoms with Crippen LogP contribution in [0.3, 0.4) is 0 Å². The Kier molecular flexibility index (Phi) is 6.19. The average Bonchev–Trinajstić information content (AvgIpc) is 2.37. The first-order valence-electron chi connectivity index (χ1n) is 6.20. The van der Waals surface area contributed by atoms with Gasteiger partial charge in [-0.25, -0.2) is 0 Å². The Morgan fingerprint density at radius 3 is 1.94 bits per heavy atom. The van der Waals surface area contributed by atoms with E-state index in [1.165, 1.54) is 0 Å². The monoisotopic (exact) mass is 238 g/mol. The van der Waals surface area contributed by atoms with E-state index in [0.29, 0.717) is 26.4 Å². The maximum atomic E-state index is 5.81. The summed E-state index contributed by atoms with van der Waals surface area (Å²) in [6.07, 6.45) is 0. The van der Waals surface area contributed by atoms with E-state index < -0.39 is 5.79 Å².